The number of aliphatic hydroxyl groups is 1. The van der Waals surface area contributed by atoms with Crippen molar-refractivity contribution in [3.8, 4) is 0 Å². The second kappa shape index (κ2) is 6.89. The molecule has 2 aliphatic rings. The van der Waals surface area contributed by atoms with E-state index < -0.39 is 18.2 Å². The van der Waals surface area contributed by atoms with E-state index in [9.17, 15) is 18.3 Å². The lowest BCUT2D eigenvalue weighted by atomic mass is 9.64. The summed E-state index contributed by atoms with van der Waals surface area (Å²) in [5.74, 6) is 1.93. The van der Waals surface area contributed by atoms with Crippen LogP contribution in [0.25, 0.3) is 0 Å². The van der Waals surface area contributed by atoms with Crippen molar-refractivity contribution in [1.82, 2.24) is 0 Å². The van der Waals surface area contributed by atoms with Crippen LogP contribution in [0.1, 0.15) is 71.1 Å². The standard InChI is InChI=1S/C17H29F3O/c1-2-3-13-4-6-14(7-5-13)15-8-10-16(12-21,11-9-15)17(18,19)20/h13-15,21H,2-12H2,1H3. The van der Waals surface area contributed by atoms with Crippen LogP contribution in [0.2, 0.25) is 0 Å². The Bertz CT molecular complexity index is 310. The molecule has 0 bridgehead atoms. The minimum Gasteiger partial charge on any atom is -0.395 e. The molecule has 0 heterocycles. The largest absolute Gasteiger partial charge is 0.396 e. The van der Waals surface area contributed by atoms with Crippen LogP contribution in [0.4, 0.5) is 13.2 Å². The molecule has 2 fully saturated rings. The second-order valence-electron chi connectivity index (χ2n) is 7.34. The molecule has 0 aromatic rings. The van der Waals surface area contributed by atoms with Gasteiger partial charge in [0, 0.05) is 0 Å². The lowest BCUT2D eigenvalue weighted by Crippen LogP contribution is -2.45. The summed E-state index contributed by atoms with van der Waals surface area (Å²) in [7, 11) is 0. The fourth-order valence-electron chi connectivity index (χ4n) is 4.55. The number of halogens is 3. The van der Waals surface area contributed by atoms with E-state index in [0.717, 1.165) is 5.92 Å². The van der Waals surface area contributed by atoms with Crippen LogP contribution in [-0.2, 0) is 0 Å². The quantitative estimate of drug-likeness (QED) is 0.745. The minimum absolute atomic E-state index is 0.118. The van der Waals surface area contributed by atoms with E-state index in [4.69, 9.17) is 0 Å². The molecule has 0 spiro atoms. The van der Waals surface area contributed by atoms with Gasteiger partial charge in [0.25, 0.3) is 0 Å². The first-order valence-corrected chi connectivity index (χ1v) is 8.59. The van der Waals surface area contributed by atoms with Gasteiger partial charge in [-0.15, -0.1) is 0 Å². The molecule has 124 valence electrons. The van der Waals surface area contributed by atoms with Gasteiger partial charge in [0.1, 0.15) is 0 Å². The van der Waals surface area contributed by atoms with Crippen molar-refractivity contribution >= 4 is 0 Å². The third-order valence-corrected chi connectivity index (χ3v) is 6.15. The first-order chi connectivity index (χ1) is 9.92. The van der Waals surface area contributed by atoms with E-state index in [1.54, 1.807) is 0 Å². The maximum Gasteiger partial charge on any atom is 0.396 e. The third-order valence-electron chi connectivity index (χ3n) is 6.15. The van der Waals surface area contributed by atoms with Gasteiger partial charge < -0.3 is 5.11 Å². The average Bonchev–Trinajstić information content (AvgIpc) is 2.47. The van der Waals surface area contributed by atoms with E-state index in [0.29, 0.717) is 24.7 Å². The zero-order chi connectivity index (χ0) is 15.5. The first kappa shape index (κ1) is 17.1. The SMILES string of the molecule is CCCC1CCC(C2CCC(CO)(C(F)(F)F)CC2)CC1. The van der Waals surface area contributed by atoms with Crippen molar-refractivity contribution < 1.29 is 18.3 Å². The number of hydrogen-bond donors (Lipinski definition) is 1. The zero-order valence-corrected chi connectivity index (χ0v) is 13.1. The Hall–Kier alpha value is -0.250. The zero-order valence-electron chi connectivity index (χ0n) is 13.1. The van der Waals surface area contributed by atoms with Crippen molar-refractivity contribution in [2.24, 2.45) is 23.2 Å². The highest BCUT2D eigenvalue weighted by Gasteiger charge is 2.55. The molecule has 1 nitrogen and oxygen atoms in total. The Morgan fingerprint density at radius 2 is 1.48 bits per heavy atom. The van der Waals surface area contributed by atoms with Gasteiger partial charge in [0.05, 0.1) is 12.0 Å². The van der Waals surface area contributed by atoms with Gasteiger partial charge in [-0.3, -0.25) is 0 Å². The Morgan fingerprint density at radius 3 is 1.90 bits per heavy atom. The topological polar surface area (TPSA) is 20.2 Å². The normalized spacial score (nSPS) is 38.4. The van der Waals surface area contributed by atoms with Crippen LogP contribution in [-0.4, -0.2) is 17.9 Å². The second-order valence-corrected chi connectivity index (χ2v) is 7.34. The maximum atomic E-state index is 13.1. The predicted octanol–water partition coefficient (Wildman–Crippen LogP) is 5.32. The Balaban J connectivity index is 1.84. The molecule has 21 heavy (non-hydrogen) atoms. The summed E-state index contributed by atoms with van der Waals surface area (Å²) in [4.78, 5) is 0. The molecule has 0 aromatic heterocycles. The summed E-state index contributed by atoms with van der Waals surface area (Å²) in [5, 5.41) is 9.25. The Kier molecular flexibility index (Phi) is 5.61. The van der Waals surface area contributed by atoms with E-state index in [2.05, 4.69) is 6.92 Å². The van der Waals surface area contributed by atoms with Crippen molar-refractivity contribution in [3.05, 3.63) is 0 Å². The van der Waals surface area contributed by atoms with Crippen molar-refractivity contribution in [3.63, 3.8) is 0 Å². The smallest absolute Gasteiger partial charge is 0.395 e. The molecule has 0 radical (unpaired) electrons. The Morgan fingerprint density at radius 1 is 0.952 bits per heavy atom. The molecule has 0 aromatic carbocycles. The molecule has 0 atom stereocenters. The molecular formula is C17H29F3O. The number of aliphatic hydroxyl groups excluding tert-OH is 1. The number of alkyl halides is 3. The Labute approximate surface area is 126 Å². The molecule has 0 amide bonds. The van der Waals surface area contributed by atoms with E-state index in [-0.39, 0.29) is 12.8 Å². The van der Waals surface area contributed by atoms with Crippen LogP contribution in [0, 0.1) is 23.2 Å². The van der Waals surface area contributed by atoms with Crippen LogP contribution in [0.5, 0.6) is 0 Å². The van der Waals surface area contributed by atoms with Crippen molar-refractivity contribution in [2.45, 2.75) is 77.3 Å². The van der Waals surface area contributed by atoms with E-state index in [1.807, 2.05) is 0 Å². The van der Waals surface area contributed by atoms with E-state index in [1.165, 1.54) is 38.5 Å². The van der Waals surface area contributed by atoms with Crippen LogP contribution >= 0.6 is 0 Å². The van der Waals surface area contributed by atoms with Gasteiger partial charge in [-0.05, 0) is 56.3 Å². The van der Waals surface area contributed by atoms with Crippen LogP contribution in [0.3, 0.4) is 0 Å². The lowest BCUT2D eigenvalue weighted by molar-refractivity contribution is -0.249. The van der Waals surface area contributed by atoms with Gasteiger partial charge in [0.15, 0.2) is 0 Å². The van der Waals surface area contributed by atoms with Crippen LogP contribution in [0.15, 0.2) is 0 Å². The highest BCUT2D eigenvalue weighted by atomic mass is 19.4. The molecule has 0 unspecified atom stereocenters. The first-order valence-electron chi connectivity index (χ1n) is 8.59. The van der Waals surface area contributed by atoms with Gasteiger partial charge in [0.2, 0.25) is 0 Å². The minimum atomic E-state index is -4.26. The lowest BCUT2D eigenvalue weighted by Gasteiger charge is -2.43. The highest BCUT2D eigenvalue weighted by molar-refractivity contribution is 4.93. The molecule has 0 saturated heterocycles. The van der Waals surface area contributed by atoms with Gasteiger partial charge >= 0.3 is 6.18 Å². The summed E-state index contributed by atoms with van der Waals surface area (Å²) in [6, 6.07) is 0. The summed E-state index contributed by atoms with van der Waals surface area (Å²) < 4.78 is 39.4. The summed E-state index contributed by atoms with van der Waals surface area (Å²) in [5.41, 5.74) is -1.82. The predicted molar refractivity (Wildman–Crippen MR) is 77.9 cm³/mol. The summed E-state index contributed by atoms with van der Waals surface area (Å²) >= 11 is 0. The average molecular weight is 306 g/mol. The van der Waals surface area contributed by atoms with Crippen molar-refractivity contribution in [2.75, 3.05) is 6.61 Å². The van der Waals surface area contributed by atoms with Crippen molar-refractivity contribution in [1.29, 1.82) is 0 Å². The fraction of sp³-hybridized carbons (Fsp3) is 1.00. The fourth-order valence-corrected chi connectivity index (χ4v) is 4.55. The van der Waals surface area contributed by atoms with Crippen LogP contribution < -0.4 is 0 Å². The molecule has 2 aliphatic carbocycles. The van der Waals surface area contributed by atoms with Gasteiger partial charge in [-0.1, -0.05) is 32.6 Å². The highest BCUT2D eigenvalue weighted by Crippen LogP contribution is 2.52. The number of hydrogen-bond acceptors (Lipinski definition) is 1. The molecule has 4 heteroatoms. The summed E-state index contributed by atoms with van der Waals surface area (Å²) in [6.45, 7) is 1.48. The third kappa shape index (κ3) is 3.75. The monoisotopic (exact) mass is 306 g/mol. The number of rotatable bonds is 4. The maximum absolute atomic E-state index is 13.1. The molecule has 2 saturated carbocycles. The molecule has 0 aliphatic heterocycles. The molecule has 2 rings (SSSR count). The van der Waals surface area contributed by atoms with E-state index >= 15 is 0 Å². The van der Waals surface area contributed by atoms with Gasteiger partial charge in [-0.2, -0.15) is 13.2 Å². The molecule has 1 N–H and O–H groups in total. The van der Waals surface area contributed by atoms with Gasteiger partial charge in [-0.25, -0.2) is 0 Å². The molecular weight excluding hydrogens is 277 g/mol. The summed E-state index contributed by atoms with van der Waals surface area (Å²) in [6.07, 6.45) is 4.74.